The minimum absolute atomic E-state index is 0. The molecule has 0 unspecified atom stereocenters. The van der Waals surface area contributed by atoms with E-state index in [1.165, 1.54) is 23.5 Å². The highest BCUT2D eigenvalue weighted by Gasteiger charge is 2.22. The van der Waals surface area contributed by atoms with Gasteiger partial charge in [-0.15, -0.1) is 12.4 Å². The maximum Gasteiger partial charge on any atom is 0.118 e. The van der Waals surface area contributed by atoms with Crippen molar-refractivity contribution in [3.63, 3.8) is 0 Å². The molecule has 0 saturated heterocycles. The van der Waals surface area contributed by atoms with Crippen LogP contribution in [0.1, 0.15) is 12.2 Å². The average Bonchev–Trinajstić information content (AvgIpc) is 3.16. The molecule has 1 aliphatic rings. The number of aryl methyl sites for hydroxylation is 1. The van der Waals surface area contributed by atoms with Crippen LogP contribution in [0.4, 0.5) is 0 Å². The predicted molar refractivity (Wildman–Crippen MR) is 95.2 cm³/mol. The Balaban J connectivity index is 0.00000156. The summed E-state index contributed by atoms with van der Waals surface area (Å²) in [4.78, 5) is 4.91. The summed E-state index contributed by atoms with van der Waals surface area (Å²) >= 11 is 0. The Labute approximate surface area is 142 Å². The van der Waals surface area contributed by atoms with Crippen molar-refractivity contribution in [2.24, 2.45) is 0 Å². The largest absolute Gasteiger partial charge is 0.497 e. The number of hydrogen-bond acceptors (Lipinski definition) is 2. The van der Waals surface area contributed by atoms with Gasteiger partial charge in [-0.1, -0.05) is 30.3 Å². The molecular formula is C19H19ClN2O. The van der Waals surface area contributed by atoms with Crippen LogP contribution in [0.3, 0.4) is 0 Å². The first kappa shape index (κ1) is 15.6. The molecular weight excluding hydrogens is 308 g/mol. The summed E-state index contributed by atoms with van der Waals surface area (Å²) in [6, 6.07) is 18.7. The van der Waals surface area contributed by atoms with Crippen molar-refractivity contribution in [2.75, 3.05) is 7.11 Å². The van der Waals surface area contributed by atoms with Crippen molar-refractivity contribution in [2.45, 2.75) is 19.4 Å². The van der Waals surface area contributed by atoms with Crippen molar-refractivity contribution in [3.8, 4) is 28.3 Å². The standard InChI is InChI=1S/C19H18N2O.ClH/c1-22-16-11-9-14(10-12-16)18-19(15-6-3-2-4-7-15)21-13-5-8-17(21)20-18;/h2-4,6-7,9-12H,5,8,13H2,1H3;1H. The van der Waals surface area contributed by atoms with Gasteiger partial charge in [0.1, 0.15) is 11.6 Å². The van der Waals surface area contributed by atoms with Gasteiger partial charge in [-0.2, -0.15) is 0 Å². The fraction of sp³-hybridized carbons (Fsp3) is 0.211. The SMILES string of the molecule is COc1ccc(-c2nc3n(c2-c2ccccc2)CCC3)cc1.Cl. The van der Waals surface area contributed by atoms with Crippen molar-refractivity contribution in [1.82, 2.24) is 9.55 Å². The molecule has 4 heteroatoms. The molecule has 0 fully saturated rings. The van der Waals surface area contributed by atoms with Crippen LogP contribution in [0.2, 0.25) is 0 Å². The summed E-state index contributed by atoms with van der Waals surface area (Å²) in [5, 5.41) is 0. The monoisotopic (exact) mass is 326 g/mol. The van der Waals surface area contributed by atoms with Gasteiger partial charge < -0.3 is 9.30 Å². The second-order valence-electron chi connectivity index (χ2n) is 5.57. The first-order valence-electron chi connectivity index (χ1n) is 7.66. The molecule has 3 nitrogen and oxygen atoms in total. The highest BCUT2D eigenvalue weighted by molar-refractivity contribution is 5.85. The molecule has 118 valence electrons. The van der Waals surface area contributed by atoms with Gasteiger partial charge in [0.25, 0.3) is 0 Å². The quantitative estimate of drug-likeness (QED) is 0.703. The molecule has 3 aromatic rings. The molecule has 2 aromatic carbocycles. The lowest BCUT2D eigenvalue weighted by molar-refractivity contribution is 0.415. The van der Waals surface area contributed by atoms with E-state index in [9.17, 15) is 0 Å². The van der Waals surface area contributed by atoms with Gasteiger partial charge in [0.15, 0.2) is 0 Å². The van der Waals surface area contributed by atoms with Crippen LogP contribution in [0, 0.1) is 0 Å². The molecule has 4 rings (SSSR count). The normalized spacial score (nSPS) is 12.6. The summed E-state index contributed by atoms with van der Waals surface area (Å²) in [6.45, 7) is 1.06. The van der Waals surface area contributed by atoms with Gasteiger partial charge in [-0.25, -0.2) is 4.98 Å². The molecule has 0 aliphatic carbocycles. The number of aromatic nitrogens is 2. The lowest BCUT2D eigenvalue weighted by Crippen LogP contribution is -1.96. The third-order valence-electron chi connectivity index (χ3n) is 4.24. The first-order valence-corrected chi connectivity index (χ1v) is 7.66. The zero-order chi connectivity index (χ0) is 14.9. The van der Waals surface area contributed by atoms with Crippen molar-refractivity contribution >= 4 is 12.4 Å². The van der Waals surface area contributed by atoms with Gasteiger partial charge >= 0.3 is 0 Å². The molecule has 1 aromatic heterocycles. The minimum atomic E-state index is 0. The predicted octanol–water partition coefficient (Wildman–Crippen LogP) is 4.59. The number of imidazole rings is 1. The van der Waals surface area contributed by atoms with Crippen LogP contribution in [-0.4, -0.2) is 16.7 Å². The number of benzene rings is 2. The highest BCUT2D eigenvalue weighted by atomic mass is 35.5. The minimum Gasteiger partial charge on any atom is -0.497 e. The Hall–Kier alpha value is -2.26. The number of halogens is 1. The van der Waals surface area contributed by atoms with Gasteiger partial charge in [0.05, 0.1) is 18.5 Å². The summed E-state index contributed by atoms with van der Waals surface area (Å²) in [7, 11) is 1.69. The fourth-order valence-electron chi connectivity index (χ4n) is 3.16. The summed E-state index contributed by atoms with van der Waals surface area (Å²) in [5.74, 6) is 2.07. The smallest absolute Gasteiger partial charge is 0.118 e. The fourth-order valence-corrected chi connectivity index (χ4v) is 3.16. The third kappa shape index (κ3) is 2.73. The van der Waals surface area contributed by atoms with Crippen molar-refractivity contribution in [1.29, 1.82) is 0 Å². The average molecular weight is 327 g/mol. The topological polar surface area (TPSA) is 27.1 Å². The number of hydrogen-bond donors (Lipinski definition) is 0. The molecule has 0 amide bonds. The van der Waals surface area contributed by atoms with Crippen LogP contribution >= 0.6 is 12.4 Å². The number of nitrogens with zero attached hydrogens (tertiary/aromatic N) is 2. The maximum atomic E-state index is 5.26. The number of methoxy groups -OCH3 is 1. The Kier molecular flexibility index (Phi) is 4.39. The summed E-state index contributed by atoms with van der Waals surface area (Å²) < 4.78 is 7.63. The Morgan fingerprint density at radius 3 is 2.39 bits per heavy atom. The summed E-state index contributed by atoms with van der Waals surface area (Å²) in [5.41, 5.74) is 4.68. The number of ether oxygens (including phenoxy) is 1. The van der Waals surface area contributed by atoms with E-state index in [4.69, 9.17) is 9.72 Å². The number of fused-ring (bicyclic) bond motifs is 1. The Bertz CT molecular complexity index is 794. The molecule has 0 spiro atoms. The number of rotatable bonds is 3. The second kappa shape index (κ2) is 6.47. The van der Waals surface area contributed by atoms with Crippen molar-refractivity contribution in [3.05, 3.63) is 60.4 Å². The van der Waals surface area contributed by atoms with Crippen LogP contribution in [-0.2, 0) is 13.0 Å². The van der Waals surface area contributed by atoms with Gasteiger partial charge in [-0.05, 0) is 30.7 Å². The van der Waals surface area contributed by atoms with Crippen LogP contribution in [0.15, 0.2) is 54.6 Å². The molecule has 0 bridgehead atoms. The highest BCUT2D eigenvalue weighted by Crippen LogP contribution is 2.35. The van der Waals surface area contributed by atoms with E-state index in [2.05, 4.69) is 47.0 Å². The Morgan fingerprint density at radius 1 is 0.957 bits per heavy atom. The van der Waals surface area contributed by atoms with E-state index in [-0.39, 0.29) is 12.4 Å². The molecule has 1 aliphatic heterocycles. The second-order valence-corrected chi connectivity index (χ2v) is 5.57. The molecule has 0 atom stereocenters. The van der Waals surface area contributed by atoms with E-state index >= 15 is 0 Å². The zero-order valence-corrected chi connectivity index (χ0v) is 13.8. The molecule has 23 heavy (non-hydrogen) atoms. The van der Waals surface area contributed by atoms with E-state index in [0.717, 1.165) is 30.0 Å². The lowest BCUT2D eigenvalue weighted by Gasteiger charge is -2.09. The maximum absolute atomic E-state index is 5.26. The zero-order valence-electron chi connectivity index (χ0n) is 13.0. The lowest BCUT2D eigenvalue weighted by atomic mass is 10.0. The Morgan fingerprint density at radius 2 is 1.70 bits per heavy atom. The molecule has 0 saturated carbocycles. The van der Waals surface area contributed by atoms with E-state index in [1.54, 1.807) is 7.11 Å². The molecule has 0 N–H and O–H groups in total. The third-order valence-corrected chi connectivity index (χ3v) is 4.24. The van der Waals surface area contributed by atoms with Gasteiger partial charge in [-0.3, -0.25) is 0 Å². The summed E-state index contributed by atoms with van der Waals surface area (Å²) in [6.07, 6.45) is 2.25. The molecule has 0 radical (unpaired) electrons. The van der Waals surface area contributed by atoms with E-state index in [1.807, 2.05) is 12.1 Å². The van der Waals surface area contributed by atoms with Gasteiger partial charge in [0.2, 0.25) is 0 Å². The van der Waals surface area contributed by atoms with Crippen LogP contribution in [0.5, 0.6) is 5.75 Å². The van der Waals surface area contributed by atoms with Gasteiger partial charge in [0, 0.05) is 24.1 Å². The van der Waals surface area contributed by atoms with E-state index in [0.29, 0.717) is 0 Å². The molecule has 2 heterocycles. The first-order chi connectivity index (χ1) is 10.9. The van der Waals surface area contributed by atoms with Crippen LogP contribution < -0.4 is 4.74 Å². The van der Waals surface area contributed by atoms with Crippen molar-refractivity contribution < 1.29 is 4.74 Å². The van der Waals surface area contributed by atoms with Crippen LogP contribution in [0.25, 0.3) is 22.5 Å². The van der Waals surface area contributed by atoms with E-state index < -0.39 is 0 Å².